The molecule has 0 fully saturated rings. The summed E-state index contributed by atoms with van der Waals surface area (Å²) in [4.78, 5) is 16.9. The number of halogens is 1. The Morgan fingerprint density at radius 3 is 2.91 bits per heavy atom. The molecule has 3 heterocycles. The van der Waals surface area contributed by atoms with Gasteiger partial charge in [-0.3, -0.25) is 0 Å². The molecule has 0 bridgehead atoms. The van der Waals surface area contributed by atoms with Crippen LogP contribution in [0, 0.1) is 5.41 Å². The molecule has 1 atom stereocenters. The van der Waals surface area contributed by atoms with Gasteiger partial charge < -0.3 is 14.8 Å². The molecule has 12 heteroatoms. The smallest absolute Gasteiger partial charge is 0.354 e. The normalized spacial score (nSPS) is 16.2. The third kappa shape index (κ3) is 4.95. The number of carbonyl (C=O) groups excluding carboxylic acids is 1. The van der Waals surface area contributed by atoms with Gasteiger partial charge >= 0.3 is 6.03 Å². The number of amides is 2. The summed E-state index contributed by atoms with van der Waals surface area (Å²) in [6, 6.07) is 7.53. The van der Waals surface area contributed by atoms with Gasteiger partial charge in [-0.15, -0.1) is 4.36 Å². The van der Waals surface area contributed by atoms with E-state index in [4.69, 9.17) is 26.2 Å². The average Bonchev–Trinajstić information content (AvgIpc) is 3.16. The molecule has 0 saturated heterocycles. The van der Waals surface area contributed by atoms with E-state index in [2.05, 4.69) is 19.8 Å². The summed E-state index contributed by atoms with van der Waals surface area (Å²) < 4.78 is 29.4. The van der Waals surface area contributed by atoms with E-state index in [-0.39, 0.29) is 16.2 Å². The van der Waals surface area contributed by atoms with E-state index in [0.29, 0.717) is 35.3 Å². The molecule has 0 spiro atoms. The SMILES string of the molecule is COc1cc(-c2ccc(Cl)cc2NC(=O)N=[S@@](N)(=O)c2cnn3c2OCC(C)(C)C3)ccn1. The fraction of sp³-hybridized carbons (Fsp3) is 0.286. The van der Waals surface area contributed by atoms with Gasteiger partial charge in [0.15, 0.2) is 9.92 Å². The van der Waals surface area contributed by atoms with Crippen LogP contribution >= 0.6 is 11.6 Å². The molecule has 2 aromatic heterocycles. The third-order valence-electron chi connectivity index (χ3n) is 4.95. The van der Waals surface area contributed by atoms with E-state index in [9.17, 15) is 9.00 Å². The molecule has 2 amide bonds. The quantitative estimate of drug-likeness (QED) is 0.568. The maximum Gasteiger partial charge on any atom is 0.354 e. The Morgan fingerprint density at radius 2 is 2.15 bits per heavy atom. The predicted octanol–water partition coefficient (Wildman–Crippen LogP) is 3.96. The number of hydrogen-bond donors (Lipinski definition) is 2. The topological polar surface area (TPSA) is 134 Å². The minimum atomic E-state index is -3.62. The van der Waals surface area contributed by atoms with E-state index in [1.807, 2.05) is 13.8 Å². The van der Waals surface area contributed by atoms with Crippen molar-refractivity contribution >= 4 is 33.2 Å². The number of carbonyl (C=O) groups is 1. The Balaban J connectivity index is 1.65. The highest BCUT2D eigenvalue weighted by atomic mass is 35.5. The van der Waals surface area contributed by atoms with Gasteiger partial charge in [0.1, 0.15) is 4.90 Å². The zero-order valence-electron chi connectivity index (χ0n) is 18.2. The van der Waals surface area contributed by atoms with Gasteiger partial charge in [-0.1, -0.05) is 31.5 Å². The fourth-order valence-electron chi connectivity index (χ4n) is 3.40. The third-order valence-corrected chi connectivity index (χ3v) is 6.53. The first-order chi connectivity index (χ1) is 15.6. The van der Waals surface area contributed by atoms with Crippen molar-refractivity contribution < 1.29 is 18.5 Å². The second-order valence-electron chi connectivity index (χ2n) is 8.29. The standard InChI is InChI=1S/C21H23ClN6O4S/c1-21(2)11-28-19(32-12-21)17(10-25-28)33(23,30)27-20(29)26-16-9-14(22)4-5-15(16)13-6-7-24-18(8-13)31-3/h4-10H,11-12H2,1-3H3,(H3,23,26,27,29,30)/t33-/m1/s1. The molecule has 3 N–H and O–H groups in total. The molecule has 3 aromatic rings. The van der Waals surface area contributed by atoms with Gasteiger partial charge in [0, 0.05) is 28.3 Å². The van der Waals surface area contributed by atoms with Gasteiger partial charge in [0.2, 0.25) is 11.8 Å². The Bertz CT molecular complexity index is 1350. The number of fused-ring (bicyclic) bond motifs is 1. The number of methoxy groups -OCH3 is 1. The minimum Gasteiger partial charge on any atom is -0.481 e. The van der Waals surface area contributed by atoms with Crippen molar-refractivity contribution in [1.82, 2.24) is 14.8 Å². The second-order valence-corrected chi connectivity index (χ2v) is 10.5. The van der Waals surface area contributed by atoms with E-state index < -0.39 is 15.9 Å². The van der Waals surface area contributed by atoms with Crippen LogP contribution in [0.4, 0.5) is 10.5 Å². The lowest BCUT2D eigenvalue weighted by molar-refractivity contribution is 0.0972. The van der Waals surface area contributed by atoms with Crippen LogP contribution in [0.15, 0.2) is 52.0 Å². The molecule has 0 aliphatic carbocycles. The van der Waals surface area contributed by atoms with Crippen molar-refractivity contribution in [1.29, 1.82) is 0 Å². The number of nitrogens with one attached hydrogen (secondary N) is 1. The molecule has 0 saturated carbocycles. The van der Waals surface area contributed by atoms with Crippen LogP contribution < -0.4 is 19.9 Å². The van der Waals surface area contributed by atoms with Crippen LogP contribution in [0.5, 0.6) is 11.8 Å². The largest absolute Gasteiger partial charge is 0.481 e. The maximum atomic E-state index is 13.2. The molecular weight excluding hydrogens is 468 g/mol. The van der Waals surface area contributed by atoms with Crippen molar-refractivity contribution in [3.63, 3.8) is 0 Å². The molecule has 1 aliphatic heterocycles. The molecule has 33 heavy (non-hydrogen) atoms. The summed E-state index contributed by atoms with van der Waals surface area (Å²) in [5.74, 6) is 0.661. The number of nitrogens with zero attached hydrogens (tertiary/aromatic N) is 4. The van der Waals surface area contributed by atoms with E-state index >= 15 is 0 Å². The summed E-state index contributed by atoms with van der Waals surface area (Å²) >= 11 is 6.14. The van der Waals surface area contributed by atoms with Gasteiger partial charge in [-0.25, -0.2) is 23.8 Å². The summed E-state index contributed by atoms with van der Waals surface area (Å²) in [6.45, 7) is 5.01. The van der Waals surface area contributed by atoms with Gasteiger partial charge in [0.05, 0.1) is 32.1 Å². The van der Waals surface area contributed by atoms with Crippen LogP contribution in [-0.2, 0) is 16.5 Å². The first kappa shape index (κ1) is 23.0. The molecule has 174 valence electrons. The van der Waals surface area contributed by atoms with Crippen LogP contribution in [-0.4, -0.2) is 38.7 Å². The molecule has 1 aromatic carbocycles. The first-order valence-corrected chi connectivity index (χ1v) is 11.9. The Morgan fingerprint density at radius 1 is 1.36 bits per heavy atom. The monoisotopic (exact) mass is 490 g/mol. The van der Waals surface area contributed by atoms with Gasteiger partial charge in [0.25, 0.3) is 0 Å². The number of benzene rings is 1. The molecule has 0 unspecified atom stereocenters. The number of pyridine rings is 1. The molecule has 4 rings (SSSR count). The Hall–Kier alpha value is -3.15. The van der Waals surface area contributed by atoms with E-state index in [0.717, 1.165) is 5.56 Å². The summed E-state index contributed by atoms with van der Waals surface area (Å²) in [5, 5.41) is 13.2. The lowest BCUT2D eigenvalue weighted by Gasteiger charge is -2.30. The Labute approximate surface area is 196 Å². The number of ether oxygens (including phenoxy) is 2. The van der Waals surface area contributed by atoms with Crippen molar-refractivity contribution in [2.45, 2.75) is 25.3 Å². The van der Waals surface area contributed by atoms with Crippen molar-refractivity contribution in [3.8, 4) is 22.9 Å². The number of anilines is 1. The Kier molecular flexibility index (Phi) is 6.04. The average molecular weight is 491 g/mol. The zero-order valence-corrected chi connectivity index (χ0v) is 19.8. The van der Waals surface area contributed by atoms with E-state index in [1.165, 1.54) is 13.3 Å². The highest BCUT2D eigenvalue weighted by molar-refractivity contribution is 7.91. The number of nitrogens with two attached hydrogens (primary N) is 1. The number of rotatable bonds is 4. The summed E-state index contributed by atoms with van der Waals surface area (Å²) in [5.41, 5.74) is 1.58. The van der Waals surface area contributed by atoms with Crippen LogP contribution in [0.25, 0.3) is 11.1 Å². The second kappa shape index (κ2) is 8.65. The van der Waals surface area contributed by atoms with Crippen molar-refractivity contribution in [2.24, 2.45) is 14.9 Å². The van der Waals surface area contributed by atoms with E-state index in [1.54, 1.807) is 41.2 Å². The number of hydrogen-bond acceptors (Lipinski definition) is 6. The molecule has 1 aliphatic rings. The zero-order chi connectivity index (χ0) is 23.8. The summed E-state index contributed by atoms with van der Waals surface area (Å²) in [6.07, 6.45) is 2.90. The minimum absolute atomic E-state index is 0.0679. The van der Waals surface area contributed by atoms with Crippen LogP contribution in [0.3, 0.4) is 0 Å². The summed E-state index contributed by atoms with van der Waals surface area (Å²) in [7, 11) is -2.11. The van der Waals surface area contributed by atoms with Crippen molar-refractivity contribution in [3.05, 3.63) is 47.7 Å². The highest BCUT2D eigenvalue weighted by Crippen LogP contribution is 2.34. The van der Waals surface area contributed by atoms with Crippen LogP contribution in [0.2, 0.25) is 5.02 Å². The molecule has 10 nitrogen and oxygen atoms in total. The lowest BCUT2D eigenvalue weighted by atomic mass is 9.94. The van der Waals surface area contributed by atoms with Gasteiger partial charge in [-0.2, -0.15) is 5.10 Å². The van der Waals surface area contributed by atoms with Gasteiger partial charge in [-0.05, 0) is 23.8 Å². The number of urea groups is 1. The maximum absolute atomic E-state index is 13.2. The first-order valence-electron chi connectivity index (χ1n) is 9.92. The number of aromatic nitrogens is 3. The van der Waals surface area contributed by atoms with Crippen molar-refractivity contribution in [2.75, 3.05) is 19.0 Å². The fourth-order valence-corrected chi connectivity index (χ4v) is 4.58. The predicted molar refractivity (Wildman–Crippen MR) is 125 cm³/mol. The van der Waals surface area contributed by atoms with Crippen LogP contribution in [0.1, 0.15) is 13.8 Å². The highest BCUT2D eigenvalue weighted by Gasteiger charge is 2.32. The lowest BCUT2D eigenvalue weighted by Crippen LogP contribution is -2.33. The molecule has 0 radical (unpaired) electrons. The molecular formula is C21H23ClN6O4S.